The summed E-state index contributed by atoms with van der Waals surface area (Å²) in [6.07, 6.45) is 8.09. The van der Waals surface area contributed by atoms with E-state index in [0.717, 1.165) is 15.5 Å². The summed E-state index contributed by atoms with van der Waals surface area (Å²) in [7, 11) is 0. The number of aliphatic hydroxyl groups excluding tert-OH is 1. The zero-order valence-electron chi connectivity index (χ0n) is 14.8. The van der Waals surface area contributed by atoms with Crippen LogP contribution in [0.5, 0.6) is 0 Å². The van der Waals surface area contributed by atoms with Crippen molar-refractivity contribution in [2.45, 2.75) is 51.3 Å². The lowest BCUT2D eigenvalue weighted by Gasteiger charge is -2.61. The first-order valence-corrected chi connectivity index (χ1v) is 10.5. The van der Waals surface area contributed by atoms with Crippen LogP contribution in [-0.2, 0) is 4.79 Å². The fraction of sp³-hybridized carbons (Fsp3) is 0.650. The molecule has 5 heteroatoms. The molecule has 0 heterocycles. The molecule has 2 saturated carbocycles. The van der Waals surface area contributed by atoms with Crippen LogP contribution in [0.4, 0.5) is 4.39 Å². The summed E-state index contributed by atoms with van der Waals surface area (Å²) in [5, 5.41) is 11.9. The van der Waals surface area contributed by atoms with E-state index in [4.69, 9.17) is 11.6 Å². The molecule has 0 aliphatic heterocycles. The van der Waals surface area contributed by atoms with Crippen LogP contribution in [-0.4, -0.2) is 28.9 Å². The second-order valence-electron chi connectivity index (χ2n) is 8.41. The van der Waals surface area contributed by atoms with Gasteiger partial charge in [-0.15, -0.1) is 11.8 Å². The molecule has 136 valence electrons. The van der Waals surface area contributed by atoms with Gasteiger partial charge in [0, 0.05) is 26.7 Å². The zero-order chi connectivity index (χ0) is 18.2. The summed E-state index contributed by atoms with van der Waals surface area (Å²) in [6, 6.07) is 0. The summed E-state index contributed by atoms with van der Waals surface area (Å²) in [5.74, 6) is -0.250. The minimum absolute atomic E-state index is 0.0834. The number of halogens is 2. The van der Waals surface area contributed by atoms with Crippen LogP contribution in [0.1, 0.15) is 39.5 Å². The topological polar surface area (TPSA) is 37.3 Å². The minimum atomic E-state index is -1.76. The SMILES string of the molecule is CSC1=C(Cl)C[C@H]2[C@@H]3CCC4=CC(=O)C=C[C@]4(C)C3(F)[C@@H](O)C[C@]12C. The largest absolute Gasteiger partial charge is 0.390 e. The van der Waals surface area contributed by atoms with E-state index in [0.29, 0.717) is 25.7 Å². The van der Waals surface area contributed by atoms with Crippen molar-refractivity contribution in [2.75, 3.05) is 6.26 Å². The van der Waals surface area contributed by atoms with Crippen LogP contribution in [0, 0.1) is 22.7 Å². The Morgan fingerprint density at radius 1 is 1.36 bits per heavy atom. The molecule has 0 amide bonds. The highest BCUT2D eigenvalue weighted by molar-refractivity contribution is 8.02. The molecule has 0 radical (unpaired) electrons. The van der Waals surface area contributed by atoms with E-state index in [-0.39, 0.29) is 23.0 Å². The van der Waals surface area contributed by atoms with Gasteiger partial charge in [-0.05, 0) is 56.9 Å². The zero-order valence-corrected chi connectivity index (χ0v) is 16.4. The number of ketones is 1. The maximum absolute atomic E-state index is 16.7. The number of rotatable bonds is 1. The Bertz CT molecular complexity index is 744. The summed E-state index contributed by atoms with van der Waals surface area (Å²) < 4.78 is 16.7. The van der Waals surface area contributed by atoms with Crippen LogP contribution in [0.3, 0.4) is 0 Å². The molecular formula is C20H24ClFO2S. The molecule has 0 saturated heterocycles. The fourth-order valence-electron chi connectivity index (χ4n) is 6.14. The summed E-state index contributed by atoms with van der Waals surface area (Å²) in [5.41, 5.74) is -2.12. The quantitative estimate of drug-likeness (QED) is 0.709. The molecule has 0 spiro atoms. The molecule has 0 aromatic carbocycles. The van der Waals surface area contributed by atoms with E-state index >= 15 is 4.39 Å². The lowest BCUT2D eigenvalue weighted by molar-refractivity contribution is -0.184. The molecule has 0 bridgehead atoms. The standard InChI is InChI=1S/C20H24ClFO2S/c1-18-10-16(24)20(22)13(14(18)9-15(21)17(18)25-3)5-4-11-8-12(23)6-7-19(11,20)2/h6-8,13-14,16,24H,4-5,9-10H2,1-3H3/t13-,14-,16-,18-,19-,20?/m0/s1. The Kier molecular flexibility index (Phi) is 3.89. The monoisotopic (exact) mass is 382 g/mol. The molecule has 2 nitrogen and oxygen atoms in total. The van der Waals surface area contributed by atoms with Gasteiger partial charge >= 0.3 is 0 Å². The first-order valence-electron chi connectivity index (χ1n) is 8.93. The normalized spacial score (nSPS) is 48.8. The number of aliphatic hydroxyl groups is 1. The van der Waals surface area contributed by atoms with Crippen LogP contribution in [0.15, 0.2) is 33.7 Å². The lowest BCUT2D eigenvalue weighted by atomic mass is 9.46. The van der Waals surface area contributed by atoms with Crippen molar-refractivity contribution in [2.24, 2.45) is 22.7 Å². The van der Waals surface area contributed by atoms with E-state index in [1.807, 2.05) is 13.2 Å². The van der Waals surface area contributed by atoms with Gasteiger partial charge in [-0.3, -0.25) is 4.79 Å². The van der Waals surface area contributed by atoms with Crippen molar-refractivity contribution in [1.29, 1.82) is 0 Å². The maximum atomic E-state index is 16.7. The predicted octanol–water partition coefficient (Wildman–Crippen LogP) is 4.78. The van der Waals surface area contributed by atoms with E-state index < -0.39 is 17.2 Å². The number of hydrogen-bond donors (Lipinski definition) is 1. The third-order valence-electron chi connectivity index (χ3n) is 7.40. The van der Waals surface area contributed by atoms with Gasteiger partial charge in [0.25, 0.3) is 0 Å². The molecule has 4 aliphatic carbocycles. The highest BCUT2D eigenvalue weighted by Crippen LogP contribution is 2.69. The molecule has 4 rings (SSSR count). The van der Waals surface area contributed by atoms with Gasteiger partial charge in [-0.1, -0.05) is 30.2 Å². The van der Waals surface area contributed by atoms with Gasteiger partial charge in [0.05, 0.1) is 6.10 Å². The Morgan fingerprint density at radius 3 is 2.76 bits per heavy atom. The van der Waals surface area contributed by atoms with Crippen LogP contribution in [0.25, 0.3) is 0 Å². The number of hydrogen-bond acceptors (Lipinski definition) is 3. The van der Waals surface area contributed by atoms with E-state index in [1.165, 1.54) is 6.08 Å². The first kappa shape index (κ1) is 17.8. The Hall–Kier alpha value is -0.580. The van der Waals surface area contributed by atoms with Crippen LogP contribution < -0.4 is 0 Å². The Morgan fingerprint density at radius 2 is 2.08 bits per heavy atom. The van der Waals surface area contributed by atoms with Gasteiger partial charge in [0.15, 0.2) is 11.5 Å². The van der Waals surface area contributed by atoms with Crippen LogP contribution in [0.2, 0.25) is 0 Å². The average molecular weight is 383 g/mol. The van der Waals surface area contributed by atoms with Gasteiger partial charge in [0.2, 0.25) is 0 Å². The van der Waals surface area contributed by atoms with Gasteiger partial charge in [0.1, 0.15) is 0 Å². The average Bonchev–Trinajstić information content (AvgIpc) is 2.79. The highest BCUT2D eigenvalue weighted by Gasteiger charge is 2.69. The Balaban J connectivity index is 1.83. The number of alkyl halides is 1. The second-order valence-corrected chi connectivity index (χ2v) is 9.68. The molecule has 0 aromatic heterocycles. The molecule has 0 aromatic rings. The summed E-state index contributed by atoms with van der Waals surface area (Å²) >= 11 is 8.17. The number of carbonyl (C=O) groups is 1. The van der Waals surface area contributed by atoms with Gasteiger partial charge < -0.3 is 5.11 Å². The second kappa shape index (κ2) is 5.46. The molecule has 4 aliphatic rings. The number of fused-ring (bicyclic) bond motifs is 5. The van der Waals surface area contributed by atoms with E-state index in [1.54, 1.807) is 23.9 Å². The van der Waals surface area contributed by atoms with Crippen molar-refractivity contribution >= 4 is 29.1 Å². The molecule has 2 fully saturated rings. The highest BCUT2D eigenvalue weighted by atomic mass is 35.5. The molecule has 6 atom stereocenters. The summed E-state index contributed by atoms with van der Waals surface area (Å²) in [4.78, 5) is 12.9. The minimum Gasteiger partial charge on any atom is -0.390 e. The number of carbonyl (C=O) groups excluding carboxylic acids is 1. The van der Waals surface area contributed by atoms with E-state index in [9.17, 15) is 9.90 Å². The molecular weight excluding hydrogens is 359 g/mol. The number of thioether (sulfide) groups is 1. The van der Waals surface area contributed by atoms with Crippen molar-refractivity contribution in [3.8, 4) is 0 Å². The van der Waals surface area contributed by atoms with Gasteiger partial charge in [-0.25, -0.2) is 4.39 Å². The van der Waals surface area contributed by atoms with Crippen molar-refractivity contribution < 1.29 is 14.3 Å². The first-order chi connectivity index (χ1) is 11.7. The van der Waals surface area contributed by atoms with Crippen molar-refractivity contribution in [1.82, 2.24) is 0 Å². The fourth-order valence-corrected chi connectivity index (χ4v) is 7.76. The molecule has 25 heavy (non-hydrogen) atoms. The number of allylic oxidation sites excluding steroid dienone is 6. The predicted molar refractivity (Wildman–Crippen MR) is 100 cm³/mol. The summed E-state index contributed by atoms with van der Waals surface area (Å²) in [6.45, 7) is 3.98. The molecule has 1 unspecified atom stereocenters. The van der Waals surface area contributed by atoms with Gasteiger partial charge in [-0.2, -0.15) is 0 Å². The van der Waals surface area contributed by atoms with E-state index in [2.05, 4.69) is 6.92 Å². The van der Waals surface area contributed by atoms with Crippen LogP contribution >= 0.6 is 23.4 Å². The van der Waals surface area contributed by atoms with Crippen molar-refractivity contribution in [3.05, 3.63) is 33.7 Å². The maximum Gasteiger partial charge on any atom is 0.178 e. The molecule has 1 N–H and O–H groups in total. The Labute approximate surface area is 157 Å². The smallest absolute Gasteiger partial charge is 0.178 e. The third-order valence-corrected chi connectivity index (χ3v) is 8.98. The lowest BCUT2D eigenvalue weighted by Crippen LogP contribution is -2.66. The van der Waals surface area contributed by atoms with Crippen molar-refractivity contribution in [3.63, 3.8) is 0 Å². The third kappa shape index (κ3) is 2.05.